The highest BCUT2D eigenvalue weighted by Gasteiger charge is 2.22. The minimum atomic E-state index is 0.585. The van der Waals surface area contributed by atoms with Gasteiger partial charge in [-0.1, -0.05) is 0 Å². The van der Waals surface area contributed by atoms with Gasteiger partial charge >= 0.3 is 0 Å². The SMILES string of the molecule is COc1c(Br)cc2c(c1CCCCN)OCCO2. The van der Waals surface area contributed by atoms with Crippen LogP contribution in [-0.4, -0.2) is 26.9 Å². The molecule has 0 spiro atoms. The van der Waals surface area contributed by atoms with E-state index >= 15 is 0 Å². The van der Waals surface area contributed by atoms with E-state index in [1.54, 1.807) is 7.11 Å². The zero-order valence-electron chi connectivity index (χ0n) is 10.5. The molecule has 0 amide bonds. The monoisotopic (exact) mass is 315 g/mol. The van der Waals surface area contributed by atoms with E-state index in [1.807, 2.05) is 6.07 Å². The van der Waals surface area contributed by atoms with Crippen LogP contribution in [0.4, 0.5) is 0 Å². The Labute approximate surface area is 116 Å². The number of benzene rings is 1. The van der Waals surface area contributed by atoms with Crippen molar-refractivity contribution in [3.8, 4) is 17.2 Å². The van der Waals surface area contributed by atoms with E-state index in [0.717, 1.165) is 46.5 Å². The van der Waals surface area contributed by atoms with E-state index in [0.29, 0.717) is 19.8 Å². The lowest BCUT2D eigenvalue weighted by Gasteiger charge is -2.23. The van der Waals surface area contributed by atoms with Crippen LogP contribution in [0.25, 0.3) is 0 Å². The number of hydrogen-bond acceptors (Lipinski definition) is 4. The van der Waals surface area contributed by atoms with E-state index in [2.05, 4.69) is 15.9 Å². The van der Waals surface area contributed by atoms with Crippen molar-refractivity contribution in [2.75, 3.05) is 26.9 Å². The smallest absolute Gasteiger partial charge is 0.168 e. The summed E-state index contributed by atoms with van der Waals surface area (Å²) in [7, 11) is 1.67. The molecule has 1 heterocycles. The molecule has 0 radical (unpaired) electrons. The van der Waals surface area contributed by atoms with Crippen LogP contribution in [-0.2, 0) is 6.42 Å². The summed E-state index contributed by atoms with van der Waals surface area (Å²) < 4.78 is 17.7. The highest BCUT2D eigenvalue weighted by molar-refractivity contribution is 9.10. The molecule has 1 aromatic rings. The van der Waals surface area contributed by atoms with Crippen molar-refractivity contribution in [2.24, 2.45) is 5.73 Å². The van der Waals surface area contributed by atoms with E-state index < -0.39 is 0 Å². The zero-order valence-corrected chi connectivity index (χ0v) is 12.1. The predicted molar refractivity (Wildman–Crippen MR) is 73.7 cm³/mol. The fourth-order valence-electron chi connectivity index (χ4n) is 2.10. The van der Waals surface area contributed by atoms with Crippen LogP contribution in [0.3, 0.4) is 0 Å². The minimum absolute atomic E-state index is 0.585. The molecule has 2 N–H and O–H groups in total. The molecule has 1 aliphatic rings. The Hall–Kier alpha value is -0.940. The average molecular weight is 316 g/mol. The first-order valence-electron chi connectivity index (χ1n) is 6.13. The third kappa shape index (κ3) is 2.72. The standard InChI is InChI=1S/C13H18BrNO3/c1-16-12-9(4-2-3-5-15)13-11(8-10(12)14)17-6-7-18-13/h8H,2-7,15H2,1H3. The molecule has 0 aliphatic carbocycles. The maximum absolute atomic E-state index is 5.73. The normalized spacial score (nSPS) is 13.5. The summed E-state index contributed by atoms with van der Waals surface area (Å²) in [4.78, 5) is 0. The molecule has 0 unspecified atom stereocenters. The molecule has 0 atom stereocenters. The third-order valence-electron chi connectivity index (χ3n) is 2.92. The first kappa shape index (κ1) is 13.5. The van der Waals surface area contributed by atoms with Crippen LogP contribution in [0.15, 0.2) is 10.5 Å². The van der Waals surface area contributed by atoms with Crippen molar-refractivity contribution in [2.45, 2.75) is 19.3 Å². The summed E-state index contributed by atoms with van der Waals surface area (Å²) in [5, 5.41) is 0. The summed E-state index contributed by atoms with van der Waals surface area (Å²) in [6.07, 6.45) is 2.88. The number of hydrogen-bond donors (Lipinski definition) is 1. The van der Waals surface area contributed by atoms with Crippen molar-refractivity contribution in [1.29, 1.82) is 0 Å². The molecule has 5 heteroatoms. The topological polar surface area (TPSA) is 53.7 Å². The van der Waals surface area contributed by atoms with Crippen LogP contribution in [0.2, 0.25) is 0 Å². The molecule has 0 saturated heterocycles. The lowest BCUT2D eigenvalue weighted by atomic mass is 10.0. The maximum atomic E-state index is 5.73. The second kappa shape index (κ2) is 6.29. The first-order chi connectivity index (χ1) is 8.77. The Bertz CT molecular complexity index is 423. The molecule has 4 nitrogen and oxygen atoms in total. The summed E-state index contributed by atoms with van der Waals surface area (Å²) in [5.41, 5.74) is 6.60. The highest BCUT2D eigenvalue weighted by Crippen LogP contribution is 2.44. The predicted octanol–water partition coefficient (Wildman–Crippen LogP) is 2.51. The molecule has 1 aromatic carbocycles. The quantitative estimate of drug-likeness (QED) is 0.848. The van der Waals surface area contributed by atoms with E-state index in [-0.39, 0.29) is 0 Å². The molecule has 2 rings (SSSR count). The van der Waals surface area contributed by atoms with Crippen molar-refractivity contribution in [3.63, 3.8) is 0 Å². The average Bonchev–Trinajstić information content (AvgIpc) is 2.38. The Morgan fingerprint density at radius 1 is 1.33 bits per heavy atom. The summed E-state index contributed by atoms with van der Waals surface area (Å²) in [6, 6.07) is 1.90. The molecular weight excluding hydrogens is 298 g/mol. The van der Waals surface area contributed by atoms with Gasteiger partial charge in [-0.25, -0.2) is 0 Å². The maximum Gasteiger partial charge on any atom is 0.168 e. The Morgan fingerprint density at radius 3 is 2.83 bits per heavy atom. The lowest BCUT2D eigenvalue weighted by Crippen LogP contribution is -2.17. The number of methoxy groups -OCH3 is 1. The fraction of sp³-hybridized carbons (Fsp3) is 0.538. The zero-order chi connectivity index (χ0) is 13.0. The molecule has 0 bridgehead atoms. The van der Waals surface area contributed by atoms with Gasteiger partial charge in [0.25, 0.3) is 0 Å². The molecule has 1 aliphatic heterocycles. The van der Waals surface area contributed by atoms with Crippen molar-refractivity contribution in [3.05, 3.63) is 16.1 Å². The summed E-state index contributed by atoms with van der Waals surface area (Å²) >= 11 is 3.51. The van der Waals surface area contributed by atoms with Crippen molar-refractivity contribution < 1.29 is 14.2 Å². The van der Waals surface area contributed by atoms with E-state index in [9.17, 15) is 0 Å². The Balaban J connectivity index is 2.35. The third-order valence-corrected chi connectivity index (χ3v) is 3.51. The van der Waals surface area contributed by atoms with Crippen LogP contribution in [0.5, 0.6) is 17.2 Å². The number of rotatable bonds is 5. The molecular formula is C13H18BrNO3. The fourth-order valence-corrected chi connectivity index (χ4v) is 2.71. The Morgan fingerprint density at radius 2 is 2.11 bits per heavy atom. The van der Waals surface area contributed by atoms with Gasteiger partial charge in [0.15, 0.2) is 11.5 Å². The number of nitrogens with two attached hydrogens (primary N) is 1. The van der Waals surface area contributed by atoms with Crippen LogP contribution in [0.1, 0.15) is 18.4 Å². The molecule has 100 valence electrons. The van der Waals surface area contributed by atoms with Crippen LogP contribution in [0, 0.1) is 0 Å². The molecule has 18 heavy (non-hydrogen) atoms. The van der Waals surface area contributed by atoms with Gasteiger partial charge in [0.2, 0.25) is 0 Å². The molecule has 0 aromatic heterocycles. The Kier molecular flexibility index (Phi) is 4.72. The molecule has 0 fully saturated rings. The van der Waals surface area contributed by atoms with Gasteiger partial charge < -0.3 is 19.9 Å². The summed E-state index contributed by atoms with van der Waals surface area (Å²) in [5.74, 6) is 2.44. The number of fused-ring (bicyclic) bond motifs is 1. The van der Waals surface area contributed by atoms with Gasteiger partial charge in [-0.15, -0.1) is 0 Å². The second-order valence-corrected chi connectivity index (χ2v) is 4.99. The van der Waals surface area contributed by atoms with Gasteiger partial charge in [0.1, 0.15) is 19.0 Å². The van der Waals surface area contributed by atoms with E-state index in [1.165, 1.54) is 0 Å². The molecule has 0 saturated carbocycles. The van der Waals surface area contributed by atoms with Gasteiger partial charge in [0.05, 0.1) is 11.6 Å². The first-order valence-corrected chi connectivity index (χ1v) is 6.92. The van der Waals surface area contributed by atoms with Gasteiger partial charge in [-0.05, 0) is 41.7 Å². The lowest BCUT2D eigenvalue weighted by molar-refractivity contribution is 0.168. The van der Waals surface area contributed by atoms with Crippen molar-refractivity contribution >= 4 is 15.9 Å². The van der Waals surface area contributed by atoms with E-state index in [4.69, 9.17) is 19.9 Å². The second-order valence-electron chi connectivity index (χ2n) is 4.14. The van der Waals surface area contributed by atoms with Gasteiger partial charge in [-0.3, -0.25) is 0 Å². The number of ether oxygens (including phenoxy) is 3. The van der Waals surface area contributed by atoms with Gasteiger partial charge in [0, 0.05) is 11.6 Å². The summed E-state index contributed by atoms with van der Waals surface area (Å²) in [6.45, 7) is 1.88. The number of halogens is 1. The van der Waals surface area contributed by atoms with Gasteiger partial charge in [-0.2, -0.15) is 0 Å². The van der Waals surface area contributed by atoms with Crippen LogP contribution < -0.4 is 19.9 Å². The van der Waals surface area contributed by atoms with Crippen molar-refractivity contribution in [1.82, 2.24) is 0 Å². The largest absolute Gasteiger partial charge is 0.495 e. The number of unbranched alkanes of at least 4 members (excludes halogenated alkanes) is 1. The van der Waals surface area contributed by atoms with Crippen LogP contribution >= 0.6 is 15.9 Å². The minimum Gasteiger partial charge on any atom is -0.495 e. The highest BCUT2D eigenvalue weighted by atomic mass is 79.9.